The van der Waals surface area contributed by atoms with Gasteiger partial charge in [0.1, 0.15) is 11.3 Å². The lowest BCUT2D eigenvalue weighted by Gasteiger charge is -2.11. The van der Waals surface area contributed by atoms with Crippen LogP contribution in [0.3, 0.4) is 0 Å². The van der Waals surface area contributed by atoms with Crippen LogP contribution in [0.15, 0.2) is 56.8 Å². The Morgan fingerprint density at radius 1 is 1.13 bits per heavy atom. The van der Waals surface area contributed by atoms with Gasteiger partial charge in [-0.3, -0.25) is 0 Å². The molecule has 0 radical (unpaired) electrons. The number of hydrogen-bond acceptors (Lipinski definition) is 6. The predicted octanol–water partition coefficient (Wildman–Crippen LogP) is 4.99. The third-order valence-electron chi connectivity index (χ3n) is 5.26. The smallest absolute Gasteiger partial charge is 0.336 e. The van der Waals surface area contributed by atoms with E-state index in [1.54, 1.807) is 24.9 Å². The zero-order valence-corrected chi connectivity index (χ0v) is 18.2. The van der Waals surface area contributed by atoms with Gasteiger partial charge in [0, 0.05) is 23.8 Å². The fourth-order valence-electron chi connectivity index (χ4n) is 3.50. The van der Waals surface area contributed by atoms with E-state index in [-0.39, 0.29) is 5.63 Å². The van der Waals surface area contributed by atoms with Crippen molar-refractivity contribution in [1.29, 1.82) is 0 Å². The number of aryl methyl sites for hydroxylation is 2. The number of fused-ring (bicyclic) bond motifs is 1. The Labute approximate surface area is 178 Å². The van der Waals surface area contributed by atoms with Crippen LogP contribution in [0.25, 0.3) is 22.4 Å². The molecule has 7 heteroatoms. The fourth-order valence-corrected chi connectivity index (χ4v) is 4.49. The molecule has 6 nitrogen and oxygen atoms in total. The monoisotopic (exact) mass is 421 g/mol. The average Bonchev–Trinajstić information content (AvgIpc) is 3.17. The molecule has 2 heterocycles. The van der Waals surface area contributed by atoms with E-state index in [0.717, 1.165) is 50.9 Å². The molecule has 0 aliphatic rings. The number of nitrogens with zero attached hydrogens (tertiary/aromatic N) is 3. The molecule has 154 valence electrons. The Kier molecular flexibility index (Phi) is 5.63. The van der Waals surface area contributed by atoms with E-state index in [2.05, 4.69) is 27.8 Å². The summed E-state index contributed by atoms with van der Waals surface area (Å²) in [4.78, 5) is 12.1. The van der Waals surface area contributed by atoms with Crippen molar-refractivity contribution < 1.29 is 9.15 Å². The van der Waals surface area contributed by atoms with Gasteiger partial charge in [-0.25, -0.2) is 4.79 Å². The Morgan fingerprint density at radius 2 is 1.93 bits per heavy atom. The number of para-hydroxylation sites is 1. The summed E-state index contributed by atoms with van der Waals surface area (Å²) in [5.41, 5.74) is 4.24. The number of aromatic nitrogens is 3. The molecule has 4 aromatic rings. The van der Waals surface area contributed by atoms with E-state index >= 15 is 0 Å². The number of benzene rings is 2. The van der Waals surface area contributed by atoms with Crippen LogP contribution in [-0.2, 0) is 12.3 Å². The number of hydrogen-bond donors (Lipinski definition) is 0. The molecule has 0 saturated heterocycles. The fraction of sp³-hybridized carbons (Fsp3) is 0.261. The maximum atomic E-state index is 12.1. The average molecular weight is 422 g/mol. The molecule has 0 fully saturated rings. The SMILES string of the molecule is CCn1c(SCc2cc(=O)oc3c(C)c(C)ccc23)nnc1-c1ccccc1OC. The minimum Gasteiger partial charge on any atom is -0.496 e. The van der Waals surface area contributed by atoms with E-state index in [4.69, 9.17) is 9.15 Å². The maximum Gasteiger partial charge on any atom is 0.336 e. The van der Waals surface area contributed by atoms with Crippen molar-refractivity contribution >= 4 is 22.7 Å². The van der Waals surface area contributed by atoms with Gasteiger partial charge < -0.3 is 13.7 Å². The van der Waals surface area contributed by atoms with Crippen molar-refractivity contribution in [3.63, 3.8) is 0 Å². The molecule has 0 atom stereocenters. The molecular formula is C23H23N3O3S. The highest BCUT2D eigenvalue weighted by molar-refractivity contribution is 7.98. The van der Waals surface area contributed by atoms with Crippen molar-refractivity contribution in [3.05, 3.63) is 69.6 Å². The first kappa shape index (κ1) is 20.2. The van der Waals surface area contributed by atoms with Crippen molar-refractivity contribution in [2.24, 2.45) is 0 Å². The highest BCUT2D eigenvalue weighted by atomic mass is 32.2. The van der Waals surface area contributed by atoms with E-state index < -0.39 is 0 Å². The van der Waals surface area contributed by atoms with Gasteiger partial charge in [-0.1, -0.05) is 36.0 Å². The van der Waals surface area contributed by atoms with Crippen LogP contribution in [0, 0.1) is 13.8 Å². The second-order valence-electron chi connectivity index (χ2n) is 7.01. The number of thioether (sulfide) groups is 1. The maximum absolute atomic E-state index is 12.1. The van der Waals surface area contributed by atoms with Gasteiger partial charge in [-0.05, 0) is 49.6 Å². The molecule has 0 N–H and O–H groups in total. The van der Waals surface area contributed by atoms with Gasteiger partial charge in [-0.2, -0.15) is 0 Å². The number of rotatable bonds is 6. The van der Waals surface area contributed by atoms with Crippen LogP contribution >= 0.6 is 11.8 Å². The normalized spacial score (nSPS) is 11.2. The van der Waals surface area contributed by atoms with Crippen LogP contribution in [0.5, 0.6) is 5.75 Å². The molecular weight excluding hydrogens is 398 g/mol. The topological polar surface area (TPSA) is 70.2 Å². The summed E-state index contributed by atoms with van der Waals surface area (Å²) >= 11 is 1.56. The molecule has 0 aliphatic heterocycles. The van der Waals surface area contributed by atoms with Gasteiger partial charge >= 0.3 is 5.63 Å². The van der Waals surface area contributed by atoms with Gasteiger partial charge in [0.25, 0.3) is 0 Å². The number of ether oxygens (including phenoxy) is 1. The second kappa shape index (κ2) is 8.36. The molecule has 2 aromatic carbocycles. The standard InChI is InChI=1S/C23H23N3O3S/c1-5-26-22(18-8-6-7-9-19(18)28-4)24-25-23(26)30-13-16-12-20(27)29-21-15(3)14(2)10-11-17(16)21/h6-12H,5,13H2,1-4H3. The van der Waals surface area contributed by atoms with Crippen LogP contribution in [0.2, 0.25) is 0 Å². The summed E-state index contributed by atoms with van der Waals surface area (Å²) in [7, 11) is 1.65. The van der Waals surface area contributed by atoms with Crippen molar-refractivity contribution in [1.82, 2.24) is 14.8 Å². The molecule has 0 saturated carbocycles. The first-order chi connectivity index (χ1) is 14.5. The molecule has 0 aliphatic carbocycles. The predicted molar refractivity (Wildman–Crippen MR) is 119 cm³/mol. The van der Waals surface area contributed by atoms with Crippen LogP contribution < -0.4 is 10.4 Å². The van der Waals surface area contributed by atoms with Crippen molar-refractivity contribution in [2.75, 3.05) is 7.11 Å². The van der Waals surface area contributed by atoms with E-state index in [1.807, 2.05) is 44.2 Å². The summed E-state index contributed by atoms with van der Waals surface area (Å²) in [5.74, 6) is 2.12. The molecule has 0 unspecified atom stereocenters. The summed E-state index contributed by atoms with van der Waals surface area (Å²) in [6.07, 6.45) is 0. The zero-order valence-electron chi connectivity index (χ0n) is 17.4. The zero-order chi connectivity index (χ0) is 21.3. The lowest BCUT2D eigenvalue weighted by molar-refractivity contribution is 0.416. The summed E-state index contributed by atoms with van der Waals surface area (Å²) in [5, 5.41) is 10.6. The Hall–Kier alpha value is -3.06. The molecule has 0 bridgehead atoms. The lowest BCUT2D eigenvalue weighted by Crippen LogP contribution is -2.03. The quantitative estimate of drug-likeness (QED) is 0.323. The van der Waals surface area contributed by atoms with Gasteiger partial charge in [0.15, 0.2) is 11.0 Å². The summed E-state index contributed by atoms with van der Waals surface area (Å²) in [6, 6.07) is 13.4. The summed E-state index contributed by atoms with van der Waals surface area (Å²) < 4.78 is 13.0. The highest BCUT2D eigenvalue weighted by Crippen LogP contribution is 2.33. The van der Waals surface area contributed by atoms with Gasteiger partial charge in [0.05, 0.1) is 12.7 Å². The molecule has 4 rings (SSSR count). The van der Waals surface area contributed by atoms with Crippen molar-refractivity contribution in [3.8, 4) is 17.1 Å². The van der Waals surface area contributed by atoms with Crippen LogP contribution in [0.4, 0.5) is 0 Å². The Morgan fingerprint density at radius 3 is 2.70 bits per heavy atom. The molecule has 2 aromatic heterocycles. The van der Waals surface area contributed by atoms with Gasteiger partial charge in [0.2, 0.25) is 0 Å². The lowest BCUT2D eigenvalue weighted by atomic mass is 10.0. The Balaban J connectivity index is 1.70. The minimum atomic E-state index is -0.335. The first-order valence-corrected chi connectivity index (χ1v) is 10.7. The Bertz CT molecular complexity index is 1280. The third kappa shape index (κ3) is 3.61. The second-order valence-corrected chi connectivity index (χ2v) is 7.96. The molecule has 0 spiro atoms. The largest absolute Gasteiger partial charge is 0.496 e. The third-order valence-corrected chi connectivity index (χ3v) is 6.27. The first-order valence-electron chi connectivity index (χ1n) is 9.75. The number of methoxy groups -OCH3 is 1. The van der Waals surface area contributed by atoms with E-state index in [9.17, 15) is 4.79 Å². The van der Waals surface area contributed by atoms with Gasteiger partial charge in [-0.15, -0.1) is 10.2 Å². The van der Waals surface area contributed by atoms with Crippen molar-refractivity contribution in [2.45, 2.75) is 38.2 Å². The highest BCUT2D eigenvalue weighted by Gasteiger charge is 2.17. The minimum absolute atomic E-state index is 0.335. The van der Waals surface area contributed by atoms with Crippen LogP contribution in [0.1, 0.15) is 23.6 Å². The van der Waals surface area contributed by atoms with E-state index in [1.165, 1.54) is 0 Å². The van der Waals surface area contributed by atoms with Crippen LogP contribution in [-0.4, -0.2) is 21.9 Å². The molecule has 0 amide bonds. The van der Waals surface area contributed by atoms with E-state index in [0.29, 0.717) is 11.3 Å². The molecule has 30 heavy (non-hydrogen) atoms. The summed E-state index contributed by atoms with van der Waals surface area (Å²) in [6.45, 7) is 6.77.